The Morgan fingerprint density at radius 2 is 1.94 bits per heavy atom. The van der Waals surface area contributed by atoms with Gasteiger partial charge in [0.1, 0.15) is 5.75 Å². The molecule has 2 saturated heterocycles. The van der Waals surface area contributed by atoms with Gasteiger partial charge in [-0.15, -0.1) is 0 Å². The number of methoxy groups -OCH3 is 1. The Kier molecular flexibility index (Phi) is 5.94. The van der Waals surface area contributed by atoms with E-state index in [0.29, 0.717) is 17.7 Å². The molecule has 7 heteroatoms. The Balaban J connectivity index is 1.45. The maximum atomic E-state index is 13.9. The molecule has 176 valence electrons. The van der Waals surface area contributed by atoms with Crippen molar-refractivity contribution in [3.63, 3.8) is 0 Å². The van der Waals surface area contributed by atoms with E-state index in [9.17, 15) is 13.6 Å². The van der Waals surface area contributed by atoms with Crippen LogP contribution < -0.4 is 4.74 Å². The first-order chi connectivity index (χ1) is 16.4. The number of ether oxygens (including phenoxy) is 1. The first kappa shape index (κ1) is 22.3. The number of carbonyl (C=O) groups excluding carboxylic acids is 1. The van der Waals surface area contributed by atoms with Crippen LogP contribution in [0.3, 0.4) is 0 Å². The van der Waals surface area contributed by atoms with Gasteiger partial charge in [0.2, 0.25) is 0 Å². The maximum absolute atomic E-state index is 13.9. The number of benzene rings is 2. The van der Waals surface area contributed by atoms with E-state index in [1.165, 1.54) is 6.07 Å². The summed E-state index contributed by atoms with van der Waals surface area (Å²) in [6.07, 6.45) is 9.78. The molecular weight excluding hydrogens is 436 g/mol. The SMILES string of the molecule is COc1cc(C=C2CC[C@H]3CCC[C@@H](c4ccc(F)c(F)c4)N3C2=O)ccc1-n1cnc(C)c1. The zero-order valence-electron chi connectivity index (χ0n) is 19.3. The molecule has 0 saturated carbocycles. The lowest BCUT2D eigenvalue weighted by molar-refractivity contribution is -0.136. The lowest BCUT2D eigenvalue weighted by Gasteiger charge is -2.46. The molecule has 3 aromatic rings. The van der Waals surface area contributed by atoms with E-state index in [-0.39, 0.29) is 18.0 Å². The normalized spacial score (nSPS) is 21.6. The van der Waals surface area contributed by atoms with E-state index in [1.54, 1.807) is 19.5 Å². The number of hydrogen-bond donors (Lipinski definition) is 0. The molecule has 2 atom stereocenters. The average Bonchev–Trinajstić information content (AvgIpc) is 3.28. The van der Waals surface area contributed by atoms with Crippen LogP contribution in [0, 0.1) is 18.6 Å². The molecule has 0 aliphatic carbocycles. The van der Waals surface area contributed by atoms with Crippen molar-refractivity contribution < 1.29 is 18.3 Å². The summed E-state index contributed by atoms with van der Waals surface area (Å²) in [7, 11) is 1.62. The summed E-state index contributed by atoms with van der Waals surface area (Å²) in [6, 6.07) is 9.68. The highest BCUT2D eigenvalue weighted by Crippen LogP contribution is 2.41. The van der Waals surface area contributed by atoms with Crippen LogP contribution in [0.25, 0.3) is 11.8 Å². The van der Waals surface area contributed by atoms with Crippen LogP contribution >= 0.6 is 0 Å². The van der Waals surface area contributed by atoms with Crippen molar-refractivity contribution in [3.8, 4) is 11.4 Å². The molecule has 0 unspecified atom stereocenters. The Hall–Kier alpha value is -3.48. The van der Waals surface area contributed by atoms with Crippen molar-refractivity contribution in [1.29, 1.82) is 0 Å². The molecule has 3 heterocycles. The minimum absolute atomic E-state index is 0.0287. The van der Waals surface area contributed by atoms with Crippen molar-refractivity contribution in [3.05, 3.63) is 83.0 Å². The third kappa shape index (κ3) is 4.11. The Labute approximate surface area is 197 Å². The Bertz CT molecular complexity index is 1270. The van der Waals surface area contributed by atoms with Crippen LogP contribution in [0.2, 0.25) is 0 Å². The maximum Gasteiger partial charge on any atom is 0.250 e. The van der Waals surface area contributed by atoms with E-state index in [4.69, 9.17) is 4.74 Å². The number of carbonyl (C=O) groups is 1. The first-order valence-corrected chi connectivity index (χ1v) is 11.6. The monoisotopic (exact) mass is 463 g/mol. The van der Waals surface area contributed by atoms with Crippen LogP contribution in [-0.2, 0) is 4.79 Å². The summed E-state index contributed by atoms with van der Waals surface area (Å²) < 4.78 is 35.0. The van der Waals surface area contributed by atoms with E-state index >= 15 is 0 Å². The van der Waals surface area contributed by atoms with Crippen LogP contribution in [0.1, 0.15) is 55.0 Å². The average molecular weight is 464 g/mol. The minimum Gasteiger partial charge on any atom is -0.495 e. The lowest BCUT2D eigenvalue weighted by atomic mass is 9.84. The highest BCUT2D eigenvalue weighted by Gasteiger charge is 2.39. The summed E-state index contributed by atoms with van der Waals surface area (Å²) in [5.74, 6) is -1.09. The van der Waals surface area contributed by atoms with Gasteiger partial charge in [-0.2, -0.15) is 0 Å². The van der Waals surface area contributed by atoms with Gasteiger partial charge in [0.05, 0.1) is 30.9 Å². The van der Waals surface area contributed by atoms with Crippen molar-refractivity contribution in [2.45, 2.75) is 51.1 Å². The van der Waals surface area contributed by atoms with E-state index in [1.807, 2.05) is 46.9 Å². The number of aryl methyl sites for hydroxylation is 1. The summed E-state index contributed by atoms with van der Waals surface area (Å²) in [5, 5.41) is 0. The van der Waals surface area contributed by atoms with Crippen LogP contribution in [0.15, 0.2) is 54.5 Å². The van der Waals surface area contributed by atoms with Crippen molar-refractivity contribution in [2.24, 2.45) is 0 Å². The quantitative estimate of drug-likeness (QED) is 0.462. The number of piperidine rings is 2. The number of nitrogens with zero attached hydrogens (tertiary/aromatic N) is 3. The zero-order valence-corrected chi connectivity index (χ0v) is 19.3. The predicted molar refractivity (Wildman–Crippen MR) is 126 cm³/mol. The predicted octanol–water partition coefficient (Wildman–Crippen LogP) is 5.77. The summed E-state index contributed by atoms with van der Waals surface area (Å²) >= 11 is 0. The third-order valence-electron chi connectivity index (χ3n) is 6.86. The van der Waals surface area contributed by atoms with Gasteiger partial charge in [0.15, 0.2) is 11.6 Å². The number of fused-ring (bicyclic) bond motifs is 1. The molecule has 2 fully saturated rings. The van der Waals surface area contributed by atoms with Crippen molar-refractivity contribution in [1.82, 2.24) is 14.5 Å². The molecule has 0 N–H and O–H groups in total. The molecule has 2 aliphatic rings. The molecule has 5 rings (SSSR count). The molecule has 5 nitrogen and oxygen atoms in total. The van der Waals surface area contributed by atoms with E-state index in [0.717, 1.165) is 54.3 Å². The number of amides is 1. The van der Waals surface area contributed by atoms with Gasteiger partial charge in [-0.25, -0.2) is 13.8 Å². The topological polar surface area (TPSA) is 47.4 Å². The first-order valence-electron chi connectivity index (χ1n) is 11.6. The summed E-state index contributed by atoms with van der Waals surface area (Å²) in [4.78, 5) is 19.8. The standard InChI is InChI=1S/C27H27F2N3O2/c1-17-15-31(16-30-17)25-11-6-18(13-26(25)34-2)12-20-7-9-21-4-3-5-24(32(21)27(20)33)19-8-10-22(28)23(29)14-19/h6,8,10-16,21,24H,3-5,7,9H2,1-2H3/t21-,24+/m1/s1. The number of imidazole rings is 1. The fourth-order valence-corrected chi connectivity index (χ4v) is 5.20. The second-order valence-corrected chi connectivity index (χ2v) is 9.05. The molecule has 0 bridgehead atoms. The highest BCUT2D eigenvalue weighted by atomic mass is 19.2. The largest absolute Gasteiger partial charge is 0.495 e. The van der Waals surface area contributed by atoms with Gasteiger partial charge >= 0.3 is 0 Å². The Morgan fingerprint density at radius 1 is 1.09 bits per heavy atom. The minimum atomic E-state index is -0.875. The van der Waals surface area contributed by atoms with Crippen LogP contribution in [0.4, 0.5) is 8.78 Å². The fraction of sp³-hybridized carbons (Fsp3) is 0.333. The third-order valence-corrected chi connectivity index (χ3v) is 6.86. The highest BCUT2D eigenvalue weighted by molar-refractivity contribution is 5.99. The van der Waals surface area contributed by atoms with Crippen molar-refractivity contribution >= 4 is 12.0 Å². The number of rotatable bonds is 4. The van der Waals surface area contributed by atoms with Crippen LogP contribution in [-0.4, -0.2) is 33.5 Å². The van der Waals surface area contributed by atoms with Crippen LogP contribution in [0.5, 0.6) is 5.75 Å². The van der Waals surface area contributed by atoms with E-state index in [2.05, 4.69) is 4.98 Å². The molecule has 34 heavy (non-hydrogen) atoms. The zero-order chi connectivity index (χ0) is 23.8. The molecule has 2 aromatic carbocycles. The molecular formula is C27H27F2N3O2. The molecule has 1 amide bonds. The van der Waals surface area contributed by atoms with Gasteiger partial charge in [-0.1, -0.05) is 12.1 Å². The lowest BCUT2D eigenvalue weighted by Crippen LogP contribution is -2.49. The summed E-state index contributed by atoms with van der Waals surface area (Å²) in [5.41, 5.74) is 4.03. The summed E-state index contributed by atoms with van der Waals surface area (Å²) in [6.45, 7) is 1.93. The molecule has 2 aliphatic heterocycles. The number of halogens is 2. The van der Waals surface area contributed by atoms with Gasteiger partial charge in [0.25, 0.3) is 5.91 Å². The molecule has 1 aromatic heterocycles. The molecule has 0 spiro atoms. The number of hydrogen-bond acceptors (Lipinski definition) is 3. The fourth-order valence-electron chi connectivity index (χ4n) is 5.20. The van der Waals surface area contributed by atoms with Gasteiger partial charge in [-0.05, 0) is 80.5 Å². The second-order valence-electron chi connectivity index (χ2n) is 9.05. The van der Waals surface area contributed by atoms with Gasteiger partial charge in [0, 0.05) is 17.8 Å². The number of aromatic nitrogens is 2. The van der Waals surface area contributed by atoms with Crippen molar-refractivity contribution in [2.75, 3.05) is 7.11 Å². The Morgan fingerprint density at radius 3 is 2.68 bits per heavy atom. The van der Waals surface area contributed by atoms with Gasteiger partial charge in [-0.3, -0.25) is 4.79 Å². The second kappa shape index (κ2) is 9.05. The van der Waals surface area contributed by atoms with E-state index < -0.39 is 11.6 Å². The van der Waals surface area contributed by atoms with Gasteiger partial charge < -0.3 is 14.2 Å². The molecule has 0 radical (unpaired) electrons. The smallest absolute Gasteiger partial charge is 0.250 e.